The van der Waals surface area contributed by atoms with E-state index in [1.807, 2.05) is 28.8 Å². The van der Waals surface area contributed by atoms with Crippen molar-refractivity contribution in [1.82, 2.24) is 44.5 Å². The van der Waals surface area contributed by atoms with E-state index in [0.717, 1.165) is 22.3 Å². The Hall–Kier alpha value is -3.85. The van der Waals surface area contributed by atoms with E-state index in [0.29, 0.717) is 24.4 Å². The molecule has 12 heteroatoms. The van der Waals surface area contributed by atoms with Crippen molar-refractivity contribution in [2.45, 2.75) is 12.5 Å². The number of hydrogen-bond donors (Lipinski definition) is 1. The first-order valence-electron chi connectivity index (χ1n) is 9.99. The number of carbonyl (C=O) groups excluding carboxylic acids is 1. The Kier molecular flexibility index (Phi) is 4.19. The zero-order valence-electron chi connectivity index (χ0n) is 17.0. The maximum Gasteiger partial charge on any atom is 0.312 e. The second-order valence-electron chi connectivity index (χ2n) is 7.53. The van der Waals surface area contributed by atoms with Gasteiger partial charge in [-0.25, -0.2) is 9.50 Å². The van der Waals surface area contributed by atoms with E-state index in [9.17, 15) is 4.79 Å². The molecule has 11 nitrogen and oxygen atoms in total. The molecule has 1 aliphatic rings. The summed E-state index contributed by atoms with van der Waals surface area (Å²) in [6, 6.07) is 9.13. The molecule has 0 bridgehead atoms. The molecule has 1 aliphatic heterocycles. The van der Waals surface area contributed by atoms with E-state index < -0.39 is 6.04 Å². The van der Waals surface area contributed by atoms with Gasteiger partial charge in [0.2, 0.25) is 0 Å². The van der Waals surface area contributed by atoms with Crippen LogP contribution in [0, 0.1) is 0 Å². The van der Waals surface area contributed by atoms with Gasteiger partial charge in [0, 0.05) is 31.9 Å². The summed E-state index contributed by atoms with van der Waals surface area (Å²) in [5.41, 5.74) is 4.96. The SMILES string of the molecule is Cn1nccc1-c1nnc(C(=O)N2CCc3[nH]cnc3[C@@H]2c2cc3cccc(P)n3n2)o1. The first kappa shape index (κ1) is 18.9. The molecule has 6 rings (SSSR count). The van der Waals surface area contributed by atoms with Gasteiger partial charge in [-0.15, -0.1) is 10.2 Å². The molecule has 0 saturated heterocycles. The summed E-state index contributed by atoms with van der Waals surface area (Å²) >= 11 is 0. The summed E-state index contributed by atoms with van der Waals surface area (Å²) in [6.07, 6.45) is 3.92. The van der Waals surface area contributed by atoms with E-state index in [4.69, 9.17) is 9.52 Å². The summed E-state index contributed by atoms with van der Waals surface area (Å²) in [4.78, 5) is 22.9. The smallest absolute Gasteiger partial charge is 0.312 e. The second kappa shape index (κ2) is 7.10. The van der Waals surface area contributed by atoms with Crippen LogP contribution >= 0.6 is 9.24 Å². The van der Waals surface area contributed by atoms with Gasteiger partial charge in [0.15, 0.2) is 0 Å². The molecule has 0 saturated carbocycles. The minimum absolute atomic E-state index is 0.0827. The number of rotatable bonds is 3. The van der Waals surface area contributed by atoms with Gasteiger partial charge in [-0.1, -0.05) is 15.3 Å². The van der Waals surface area contributed by atoms with Crippen molar-refractivity contribution in [3.05, 3.63) is 65.8 Å². The fourth-order valence-electron chi connectivity index (χ4n) is 4.10. The third kappa shape index (κ3) is 2.85. The highest BCUT2D eigenvalue weighted by atomic mass is 31.0. The van der Waals surface area contributed by atoms with Crippen LogP contribution in [0.4, 0.5) is 0 Å². The number of nitrogens with one attached hydrogen (secondary N) is 1. The van der Waals surface area contributed by atoms with Crippen molar-refractivity contribution in [2.24, 2.45) is 7.05 Å². The fourth-order valence-corrected chi connectivity index (χ4v) is 4.42. The molecule has 5 aromatic rings. The molecule has 1 N–H and O–H groups in total. The van der Waals surface area contributed by atoms with E-state index >= 15 is 0 Å². The summed E-state index contributed by atoms with van der Waals surface area (Å²) in [7, 11) is 4.44. The van der Waals surface area contributed by atoms with Crippen LogP contribution in [0.15, 0.2) is 47.3 Å². The standard InChI is InChI=1S/C20H18N9O2P/c1-27-14(5-7-23-27)18-24-25-19(31-18)20(30)28-8-6-12-16(22-10-21-12)17(28)13-9-11-3-2-4-15(32)29(11)26-13/h2-5,7,9-10,17H,6,8,32H2,1H3,(H,21,22)/t17-/m0/s1. The van der Waals surface area contributed by atoms with Gasteiger partial charge >= 0.3 is 11.8 Å². The molecule has 0 aliphatic carbocycles. The summed E-state index contributed by atoms with van der Waals surface area (Å²) in [6.45, 7) is 0.462. The third-order valence-corrected chi connectivity index (χ3v) is 6.09. The van der Waals surface area contributed by atoms with Gasteiger partial charge in [-0.2, -0.15) is 10.2 Å². The summed E-state index contributed by atoms with van der Waals surface area (Å²) < 4.78 is 9.16. The van der Waals surface area contributed by atoms with Crippen LogP contribution in [0.25, 0.3) is 17.1 Å². The number of hydrogen-bond acceptors (Lipinski definition) is 7. The highest BCUT2D eigenvalue weighted by Gasteiger charge is 2.38. The third-order valence-electron chi connectivity index (χ3n) is 5.65. The predicted octanol–water partition coefficient (Wildman–Crippen LogP) is 1.13. The average Bonchev–Trinajstić information content (AvgIpc) is 3.57. The molecule has 160 valence electrons. The largest absolute Gasteiger partial charge is 0.411 e. The molecule has 0 radical (unpaired) electrons. The second-order valence-corrected chi connectivity index (χ2v) is 8.12. The average molecular weight is 447 g/mol. The molecule has 32 heavy (non-hydrogen) atoms. The van der Waals surface area contributed by atoms with Crippen LogP contribution in [-0.4, -0.2) is 56.9 Å². The Labute approximate surface area is 183 Å². The van der Waals surface area contributed by atoms with E-state index in [1.54, 1.807) is 35.2 Å². The first-order chi connectivity index (χ1) is 15.6. The van der Waals surface area contributed by atoms with Crippen molar-refractivity contribution in [3.63, 3.8) is 0 Å². The number of amides is 1. The highest BCUT2D eigenvalue weighted by Crippen LogP contribution is 2.34. The van der Waals surface area contributed by atoms with Crippen molar-refractivity contribution in [1.29, 1.82) is 0 Å². The molecule has 1 amide bonds. The number of H-pyrrole nitrogens is 1. The van der Waals surface area contributed by atoms with Gasteiger partial charge in [-0.3, -0.25) is 9.48 Å². The first-order valence-corrected chi connectivity index (χ1v) is 10.6. The van der Waals surface area contributed by atoms with Crippen LogP contribution in [-0.2, 0) is 13.5 Å². The normalized spacial score (nSPS) is 15.9. The van der Waals surface area contributed by atoms with Crippen molar-refractivity contribution in [2.75, 3.05) is 6.54 Å². The Bertz CT molecular complexity index is 1460. The van der Waals surface area contributed by atoms with Gasteiger partial charge in [0.05, 0.1) is 28.7 Å². The van der Waals surface area contributed by atoms with E-state index in [-0.39, 0.29) is 17.7 Å². The molecular formula is C20H18N9O2P. The molecular weight excluding hydrogens is 429 g/mol. The van der Waals surface area contributed by atoms with Crippen molar-refractivity contribution >= 4 is 26.1 Å². The molecule has 1 unspecified atom stereocenters. The maximum absolute atomic E-state index is 13.5. The minimum atomic E-state index is -0.478. The lowest BCUT2D eigenvalue weighted by Crippen LogP contribution is -2.41. The fraction of sp³-hybridized carbons (Fsp3) is 0.200. The van der Waals surface area contributed by atoms with Crippen LogP contribution in [0.2, 0.25) is 0 Å². The highest BCUT2D eigenvalue weighted by molar-refractivity contribution is 7.27. The van der Waals surface area contributed by atoms with E-state index in [1.165, 1.54) is 0 Å². The minimum Gasteiger partial charge on any atom is -0.411 e. The molecule has 0 spiro atoms. The molecule has 0 aromatic carbocycles. The number of aromatic amines is 1. The monoisotopic (exact) mass is 447 g/mol. The zero-order chi connectivity index (χ0) is 21.8. The number of imidazole rings is 1. The zero-order valence-corrected chi connectivity index (χ0v) is 18.2. The maximum atomic E-state index is 13.5. The molecule has 5 aromatic heterocycles. The molecule has 2 atom stereocenters. The lowest BCUT2D eigenvalue weighted by Gasteiger charge is -2.32. The lowest BCUT2D eigenvalue weighted by molar-refractivity contribution is 0.0646. The number of fused-ring (bicyclic) bond motifs is 2. The number of pyridine rings is 1. The van der Waals surface area contributed by atoms with Crippen LogP contribution < -0.4 is 5.44 Å². The van der Waals surface area contributed by atoms with Gasteiger partial charge in [-0.05, 0) is 24.3 Å². The van der Waals surface area contributed by atoms with Gasteiger partial charge in [0.1, 0.15) is 11.7 Å². The summed E-state index contributed by atoms with van der Waals surface area (Å²) in [5.74, 6) is -0.212. The number of carbonyl (C=O) groups is 1. The summed E-state index contributed by atoms with van der Waals surface area (Å²) in [5, 5.41) is 16.9. The Morgan fingerprint density at radius 2 is 2.19 bits per heavy atom. The van der Waals surface area contributed by atoms with Crippen LogP contribution in [0.3, 0.4) is 0 Å². The molecule has 6 heterocycles. The Morgan fingerprint density at radius 1 is 1.28 bits per heavy atom. The van der Waals surface area contributed by atoms with Gasteiger partial charge < -0.3 is 14.3 Å². The van der Waals surface area contributed by atoms with Gasteiger partial charge in [0.25, 0.3) is 5.89 Å². The molecule has 0 fully saturated rings. The van der Waals surface area contributed by atoms with Crippen LogP contribution in [0.1, 0.15) is 33.8 Å². The van der Waals surface area contributed by atoms with Crippen molar-refractivity contribution < 1.29 is 9.21 Å². The number of nitrogens with zero attached hydrogens (tertiary/aromatic N) is 8. The quantitative estimate of drug-likeness (QED) is 0.411. The van der Waals surface area contributed by atoms with Crippen LogP contribution in [0.5, 0.6) is 0 Å². The number of aromatic nitrogens is 8. The lowest BCUT2D eigenvalue weighted by atomic mass is 9.99. The topological polar surface area (TPSA) is 123 Å². The Balaban J connectivity index is 1.42. The van der Waals surface area contributed by atoms with Crippen molar-refractivity contribution in [3.8, 4) is 11.6 Å². The van der Waals surface area contributed by atoms with E-state index in [2.05, 4.69) is 34.5 Å². The predicted molar refractivity (Wildman–Crippen MR) is 116 cm³/mol. The Morgan fingerprint density at radius 3 is 3.00 bits per heavy atom. The number of aryl methyl sites for hydroxylation is 1.